The predicted octanol–water partition coefficient (Wildman–Crippen LogP) is 5.80. The maximum absolute atomic E-state index is 11.9. The Morgan fingerprint density at radius 3 is 2.14 bits per heavy atom. The minimum absolute atomic E-state index is 0.123. The molecule has 0 aromatic carbocycles. The zero-order chi connectivity index (χ0) is 15.9. The van der Waals surface area contributed by atoms with Crippen molar-refractivity contribution >= 4 is 18.6 Å². The smallest absolute Gasteiger partial charge is 0.318 e. The highest BCUT2D eigenvalue weighted by Gasteiger charge is 2.17. The molecule has 0 heterocycles. The van der Waals surface area contributed by atoms with Crippen LogP contribution in [-0.4, -0.2) is 17.8 Å². The number of hydrogen-bond acceptors (Lipinski definition) is 3. The summed E-state index contributed by atoms with van der Waals surface area (Å²) in [6, 6.07) is 0. The lowest BCUT2D eigenvalue weighted by atomic mass is 10.0. The standard InChI is InChI=1S/C18H36O2S/c1-4-7-9-10-11-12-14-17(21)18(19)20-15-16(6-3)13-8-5-2/h16-17,21H,4-15H2,1-3H3. The fourth-order valence-electron chi connectivity index (χ4n) is 2.43. The number of unbranched alkanes of at least 4 members (excludes halogenated alkanes) is 6. The van der Waals surface area contributed by atoms with Crippen molar-refractivity contribution in [1.29, 1.82) is 0 Å². The van der Waals surface area contributed by atoms with E-state index in [0.717, 1.165) is 25.7 Å². The topological polar surface area (TPSA) is 26.3 Å². The molecule has 0 rings (SSSR count). The van der Waals surface area contributed by atoms with Crippen LogP contribution in [0, 0.1) is 5.92 Å². The lowest BCUT2D eigenvalue weighted by Crippen LogP contribution is -2.21. The van der Waals surface area contributed by atoms with Gasteiger partial charge in [0.05, 0.1) is 11.9 Å². The van der Waals surface area contributed by atoms with E-state index in [2.05, 4.69) is 33.4 Å². The van der Waals surface area contributed by atoms with Gasteiger partial charge in [0.15, 0.2) is 0 Å². The van der Waals surface area contributed by atoms with E-state index < -0.39 is 0 Å². The zero-order valence-electron chi connectivity index (χ0n) is 14.4. The van der Waals surface area contributed by atoms with Crippen molar-refractivity contribution in [2.75, 3.05) is 6.61 Å². The number of ether oxygens (including phenoxy) is 1. The maximum atomic E-state index is 11.9. The SMILES string of the molecule is CCCCCCCCC(S)C(=O)OCC(CC)CCCC. The molecule has 2 unspecified atom stereocenters. The predicted molar refractivity (Wildman–Crippen MR) is 95.0 cm³/mol. The van der Waals surface area contributed by atoms with E-state index in [0.29, 0.717) is 12.5 Å². The second-order valence-electron chi connectivity index (χ2n) is 6.12. The number of carbonyl (C=O) groups is 1. The summed E-state index contributed by atoms with van der Waals surface area (Å²) in [6.07, 6.45) is 13.0. The Kier molecular flexibility index (Phi) is 14.6. The van der Waals surface area contributed by atoms with Gasteiger partial charge in [-0.3, -0.25) is 4.79 Å². The van der Waals surface area contributed by atoms with E-state index in [1.165, 1.54) is 44.9 Å². The van der Waals surface area contributed by atoms with Crippen LogP contribution < -0.4 is 0 Å². The molecule has 0 aliphatic rings. The van der Waals surface area contributed by atoms with Crippen molar-refractivity contribution in [1.82, 2.24) is 0 Å². The Balaban J connectivity index is 3.68. The van der Waals surface area contributed by atoms with Crippen LogP contribution in [0.4, 0.5) is 0 Å². The fraction of sp³-hybridized carbons (Fsp3) is 0.944. The zero-order valence-corrected chi connectivity index (χ0v) is 15.3. The van der Waals surface area contributed by atoms with Crippen LogP contribution in [0.25, 0.3) is 0 Å². The number of rotatable bonds is 14. The van der Waals surface area contributed by atoms with Gasteiger partial charge in [-0.05, 0) is 18.8 Å². The van der Waals surface area contributed by atoms with Crippen molar-refractivity contribution in [3.63, 3.8) is 0 Å². The van der Waals surface area contributed by atoms with Gasteiger partial charge in [-0.1, -0.05) is 78.6 Å². The third-order valence-corrected chi connectivity index (χ3v) is 4.58. The lowest BCUT2D eigenvalue weighted by Gasteiger charge is -2.16. The molecule has 0 N–H and O–H groups in total. The largest absolute Gasteiger partial charge is 0.465 e. The average Bonchev–Trinajstić information content (AvgIpc) is 2.50. The number of carbonyl (C=O) groups excluding carboxylic acids is 1. The van der Waals surface area contributed by atoms with Crippen LogP contribution in [-0.2, 0) is 9.53 Å². The van der Waals surface area contributed by atoms with E-state index in [1.54, 1.807) is 0 Å². The molecule has 0 aliphatic heterocycles. The van der Waals surface area contributed by atoms with Gasteiger partial charge in [0.2, 0.25) is 0 Å². The highest BCUT2D eigenvalue weighted by atomic mass is 32.1. The molecule has 126 valence electrons. The molecule has 0 saturated carbocycles. The summed E-state index contributed by atoms with van der Waals surface area (Å²) in [5.74, 6) is 0.394. The van der Waals surface area contributed by atoms with E-state index in [4.69, 9.17) is 4.74 Å². The molecule has 0 aromatic heterocycles. The molecular formula is C18H36O2S. The van der Waals surface area contributed by atoms with E-state index in [-0.39, 0.29) is 11.2 Å². The van der Waals surface area contributed by atoms with Gasteiger partial charge in [0.1, 0.15) is 0 Å². The van der Waals surface area contributed by atoms with E-state index in [1.807, 2.05) is 0 Å². The monoisotopic (exact) mass is 316 g/mol. The summed E-state index contributed by atoms with van der Waals surface area (Å²) < 4.78 is 5.43. The van der Waals surface area contributed by atoms with Crippen LogP contribution in [0.5, 0.6) is 0 Å². The Hall–Kier alpha value is -0.180. The maximum Gasteiger partial charge on any atom is 0.318 e. The second kappa shape index (κ2) is 14.7. The van der Waals surface area contributed by atoms with Gasteiger partial charge >= 0.3 is 5.97 Å². The molecular weight excluding hydrogens is 280 g/mol. The third kappa shape index (κ3) is 12.1. The molecule has 0 aliphatic carbocycles. The minimum Gasteiger partial charge on any atom is -0.465 e. The molecule has 2 atom stereocenters. The van der Waals surface area contributed by atoms with Crippen molar-refractivity contribution in [3.05, 3.63) is 0 Å². The van der Waals surface area contributed by atoms with Crippen LogP contribution in [0.3, 0.4) is 0 Å². The molecule has 0 amide bonds. The Bertz CT molecular complexity index is 243. The molecule has 0 bridgehead atoms. The molecule has 3 heteroatoms. The molecule has 21 heavy (non-hydrogen) atoms. The summed E-state index contributed by atoms with van der Waals surface area (Å²) in [7, 11) is 0. The highest BCUT2D eigenvalue weighted by Crippen LogP contribution is 2.16. The first-order chi connectivity index (χ1) is 10.2. The van der Waals surface area contributed by atoms with Crippen LogP contribution in [0.1, 0.15) is 91.4 Å². The number of hydrogen-bond donors (Lipinski definition) is 1. The summed E-state index contributed by atoms with van der Waals surface area (Å²) in [4.78, 5) is 11.9. The van der Waals surface area contributed by atoms with Crippen LogP contribution >= 0.6 is 12.6 Å². The Labute approximate surface area is 137 Å². The minimum atomic E-state index is -0.236. The first-order valence-corrected chi connectivity index (χ1v) is 9.51. The molecule has 0 saturated heterocycles. The lowest BCUT2D eigenvalue weighted by molar-refractivity contribution is -0.144. The quantitative estimate of drug-likeness (QED) is 0.249. The molecule has 0 fully saturated rings. The molecule has 0 spiro atoms. The van der Waals surface area contributed by atoms with Gasteiger partial charge in [0.25, 0.3) is 0 Å². The number of esters is 1. The van der Waals surface area contributed by atoms with E-state index >= 15 is 0 Å². The van der Waals surface area contributed by atoms with Crippen molar-refractivity contribution in [3.8, 4) is 0 Å². The normalized spacial score (nSPS) is 13.9. The second-order valence-corrected chi connectivity index (χ2v) is 6.74. The Morgan fingerprint density at radius 2 is 1.52 bits per heavy atom. The van der Waals surface area contributed by atoms with Gasteiger partial charge in [-0.25, -0.2) is 0 Å². The number of thiol groups is 1. The summed E-state index contributed by atoms with van der Waals surface area (Å²) >= 11 is 4.40. The van der Waals surface area contributed by atoms with Crippen molar-refractivity contribution < 1.29 is 9.53 Å². The molecule has 2 nitrogen and oxygen atoms in total. The molecule has 0 radical (unpaired) electrons. The van der Waals surface area contributed by atoms with Crippen LogP contribution in [0.15, 0.2) is 0 Å². The first kappa shape index (κ1) is 20.8. The highest BCUT2D eigenvalue weighted by molar-refractivity contribution is 7.81. The van der Waals surface area contributed by atoms with Gasteiger partial charge in [-0.15, -0.1) is 0 Å². The van der Waals surface area contributed by atoms with Crippen LogP contribution in [0.2, 0.25) is 0 Å². The van der Waals surface area contributed by atoms with Gasteiger partial charge < -0.3 is 4.74 Å². The Morgan fingerprint density at radius 1 is 0.905 bits per heavy atom. The molecule has 0 aromatic rings. The van der Waals surface area contributed by atoms with Crippen molar-refractivity contribution in [2.24, 2.45) is 5.92 Å². The van der Waals surface area contributed by atoms with Gasteiger partial charge in [0, 0.05) is 0 Å². The third-order valence-electron chi connectivity index (χ3n) is 4.11. The first-order valence-electron chi connectivity index (χ1n) is 9.00. The summed E-state index contributed by atoms with van der Waals surface area (Å²) in [6.45, 7) is 7.17. The summed E-state index contributed by atoms with van der Waals surface area (Å²) in [5.41, 5.74) is 0. The average molecular weight is 317 g/mol. The van der Waals surface area contributed by atoms with Gasteiger partial charge in [-0.2, -0.15) is 12.6 Å². The summed E-state index contributed by atoms with van der Waals surface area (Å²) in [5, 5.41) is -0.236. The van der Waals surface area contributed by atoms with E-state index in [9.17, 15) is 4.79 Å². The fourth-order valence-corrected chi connectivity index (χ4v) is 2.69. The van der Waals surface area contributed by atoms with Crippen molar-refractivity contribution in [2.45, 2.75) is 96.7 Å².